The third-order valence-corrected chi connectivity index (χ3v) is 4.38. The van der Waals surface area contributed by atoms with Crippen molar-refractivity contribution in [2.45, 2.75) is 31.0 Å². The van der Waals surface area contributed by atoms with E-state index in [1.807, 2.05) is 12.3 Å². The number of nitrogens with zero attached hydrogens (tertiary/aromatic N) is 2. The Kier molecular flexibility index (Phi) is 3.41. The van der Waals surface area contributed by atoms with Crippen LogP contribution in [-0.2, 0) is 0 Å². The quantitative estimate of drug-likeness (QED) is 0.870. The van der Waals surface area contributed by atoms with E-state index in [1.54, 1.807) is 11.9 Å². The van der Waals surface area contributed by atoms with Crippen molar-refractivity contribution >= 4 is 21.8 Å². The Balaban J connectivity index is 1.83. The monoisotopic (exact) mass is 327 g/mol. The molecule has 0 bridgehead atoms. The molecule has 2 heterocycles. The minimum atomic E-state index is -0.485. The average Bonchev–Trinajstić information content (AvgIpc) is 3.03. The third-order valence-electron chi connectivity index (χ3n) is 3.94. The zero-order valence-corrected chi connectivity index (χ0v) is 12.4. The van der Waals surface area contributed by atoms with Crippen molar-refractivity contribution in [1.82, 2.24) is 14.8 Å². The number of β-amino-alcohol motifs (C(OH)–C–C–N with tert-alkyl or cyclic N) is 1. The molecule has 1 aromatic rings. The number of hydrogen-bond acceptors (Lipinski definition) is 3. The SMILES string of the molecule is CN(C(=O)c1cc(Br)cn1C1CC1)[C@@H]1CNC[C@H]1O. The molecule has 1 saturated heterocycles. The maximum Gasteiger partial charge on any atom is 0.270 e. The number of amides is 1. The van der Waals surface area contributed by atoms with Gasteiger partial charge in [0.2, 0.25) is 0 Å². The number of carbonyl (C=O) groups is 1. The summed E-state index contributed by atoms with van der Waals surface area (Å²) in [4.78, 5) is 14.2. The highest BCUT2D eigenvalue weighted by molar-refractivity contribution is 9.10. The van der Waals surface area contributed by atoms with Crippen LogP contribution in [0, 0.1) is 0 Å². The summed E-state index contributed by atoms with van der Waals surface area (Å²) in [6.45, 7) is 1.20. The zero-order chi connectivity index (χ0) is 13.6. The number of hydrogen-bond donors (Lipinski definition) is 2. The lowest BCUT2D eigenvalue weighted by Gasteiger charge is -2.26. The molecule has 2 fully saturated rings. The molecular formula is C13H18BrN3O2. The van der Waals surface area contributed by atoms with Crippen molar-refractivity contribution < 1.29 is 9.90 Å². The maximum absolute atomic E-state index is 12.6. The predicted molar refractivity (Wildman–Crippen MR) is 75.2 cm³/mol. The molecule has 6 heteroatoms. The average molecular weight is 328 g/mol. The second-order valence-corrected chi connectivity index (χ2v) is 6.31. The van der Waals surface area contributed by atoms with Gasteiger partial charge in [-0.2, -0.15) is 0 Å². The van der Waals surface area contributed by atoms with E-state index in [0.29, 0.717) is 24.8 Å². The van der Waals surface area contributed by atoms with Crippen LogP contribution in [0.1, 0.15) is 29.4 Å². The van der Waals surface area contributed by atoms with E-state index in [4.69, 9.17) is 0 Å². The van der Waals surface area contributed by atoms with E-state index in [0.717, 1.165) is 17.3 Å². The van der Waals surface area contributed by atoms with Gasteiger partial charge in [0, 0.05) is 36.8 Å². The van der Waals surface area contributed by atoms with E-state index >= 15 is 0 Å². The minimum Gasteiger partial charge on any atom is -0.390 e. The largest absolute Gasteiger partial charge is 0.390 e. The van der Waals surface area contributed by atoms with Crippen LogP contribution in [0.2, 0.25) is 0 Å². The summed E-state index contributed by atoms with van der Waals surface area (Å²) >= 11 is 3.44. The minimum absolute atomic E-state index is 0.0228. The first-order valence-electron chi connectivity index (χ1n) is 6.61. The van der Waals surface area contributed by atoms with Crippen LogP contribution in [0.3, 0.4) is 0 Å². The van der Waals surface area contributed by atoms with Gasteiger partial charge in [0.1, 0.15) is 5.69 Å². The van der Waals surface area contributed by atoms with Crippen LogP contribution in [0.15, 0.2) is 16.7 Å². The van der Waals surface area contributed by atoms with Gasteiger partial charge in [0.05, 0.1) is 12.1 Å². The van der Waals surface area contributed by atoms with Crippen molar-refractivity contribution in [3.05, 3.63) is 22.4 Å². The van der Waals surface area contributed by atoms with Crippen molar-refractivity contribution in [3.63, 3.8) is 0 Å². The summed E-state index contributed by atoms with van der Waals surface area (Å²) in [5, 5.41) is 13.0. The molecule has 2 aliphatic rings. The van der Waals surface area contributed by atoms with Crippen LogP contribution in [0.4, 0.5) is 0 Å². The van der Waals surface area contributed by atoms with Crippen molar-refractivity contribution in [3.8, 4) is 0 Å². The highest BCUT2D eigenvalue weighted by Gasteiger charge is 2.34. The molecule has 0 aromatic carbocycles. The third kappa shape index (κ3) is 2.44. The normalized spacial score (nSPS) is 26.7. The lowest BCUT2D eigenvalue weighted by atomic mass is 10.2. The molecular weight excluding hydrogens is 310 g/mol. The smallest absolute Gasteiger partial charge is 0.270 e. The van der Waals surface area contributed by atoms with E-state index in [-0.39, 0.29) is 11.9 Å². The number of halogens is 1. The summed E-state index contributed by atoms with van der Waals surface area (Å²) in [6.07, 6.45) is 3.77. The number of aliphatic hydroxyl groups excluding tert-OH is 1. The number of nitrogens with one attached hydrogen (secondary N) is 1. The van der Waals surface area contributed by atoms with Crippen LogP contribution in [0.5, 0.6) is 0 Å². The molecule has 1 aliphatic carbocycles. The van der Waals surface area contributed by atoms with Gasteiger partial charge in [0.15, 0.2) is 0 Å². The van der Waals surface area contributed by atoms with Gasteiger partial charge in [0.25, 0.3) is 5.91 Å². The van der Waals surface area contributed by atoms with Crippen molar-refractivity contribution in [1.29, 1.82) is 0 Å². The Labute approximate surface area is 120 Å². The van der Waals surface area contributed by atoms with E-state index < -0.39 is 6.10 Å². The first-order valence-corrected chi connectivity index (χ1v) is 7.40. The molecule has 1 amide bonds. The fourth-order valence-corrected chi connectivity index (χ4v) is 3.09. The molecule has 0 unspecified atom stereocenters. The molecule has 0 radical (unpaired) electrons. The molecule has 19 heavy (non-hydrogen) atoms. The maximum atomic E-state index is 12.6. The second-order valence-electron chi connectivity index (χ2n) is 5.39. The second kappa shape index (κ2) is 4.92. The Morgan fingerprint density at radius 2 is 2.26 bits per heavy atom. The number of aromatic nitrogens is 1. The van der Waals surface area contributed by atoms with Crippen LogP contribution in [-0.4, -0.2) is 52.8 Å². The fraction of sp³-hybridized carbons (Fsp3) is 0.615. The van der Waals surface area contributed by atoms with Gasteiger partial charge in [-0.3, -0.25) is 4.79 Å². The molecule has 1 aliphatic heterocycles. The van der Waals surface area contributed by atoms with Crippen LogP contribution in [0.25, 0.3) is 0 Å². The van der Waals surface area contributed by atoms with Crippen LogP contribution >= 0.6 is 15.9 Å². The van der Waals surface area contributed by atoms with E-state index in [1.165, 1.54) is 0 Å². The molecule has 2 N–H and O–H groups in total. The standard InChI is InChI=1S/C13H18BrN3O2/c1-16(11-5-15-6-12(11)18)13(19)10-4-8(14)7-17(10)9-2-3-9/h4,7,9,11-12,15,18H,2-3,5-6H2,1H3/t11-,12-/m1/s1. The van der Waals surface area contributed by atoms with Crippen molar-refractivity contribution in [2.24, 2.45) is 0 Å². The highest BCUT2D eigenvalue weighted by Crippen LogP contribution is 2.37. The number of rotatable bonds is 3. The summed E-state index contributed by atoms with van der Waals surface area (Å²) in [5.41, 5.74) is 0.705. The van der Waals surface area contributed by atoms with Gasteiger partial charge in [-0.1, -0.05) is 0 Å². The number of carbonyl (C=O) groups excluding carboxylic acids is 1. The first-order chi connectivity index (χ1) is 9.08. The van der Waals surface area contributed by atoms with Gasteiger partial charge in [-0.15, -0.1) is 0 Å². The number of likely N-dealkylation sites (N-methyl/N-ethyl adjacent to an activating group) is 1. The highest BCUT2D eigenvalue weighted by atomic mass is 79.9. The first kappa shape index (κ1) is 13.1. The summed E-state index contributed by atoms with van der Waals surface area (Å²) in [5.74, 6) is -0.0228. The molecule has 104 valence electrons. The zero-order valence-electron chi connectivity index (χ0n) is 10.8. The Bertz CT molecular complexity index is 498. The van der Waals surface area contributed by atoms with Gasteiger partial charge in [-0.05, 0) is 34.8 Å². The molecule has 0 spiro atoms. The summed E-state index contributed by atoms with van der Waals surface area (Å²) in [7, 11) is 1.77. The molecule has 5 nitrogen and oxygen atoms in total. The van der Waals surface area contributed by atoms with Gasteiger partial charge in [-0.25, -0.2) is 0 Å². The molecule has 1 saturated carbocycles. The van der Waals surface area contributed by atoms with E-state index in [9.17, 15) is 9.90 Å². The Morgan fingerprint density at radius 1 is 1.53 bits per heavy atom. The molecule has 2 atom stereocenters. The van der Waals surface area contributed by atoms with E-state index in [2.05, 4.69) is 25.8 Å². The fourth-order valence-electron chi connectivity index (χ4n) is 2.65. The summed E-state index contributed by atoms with van der Waals surface area (Å²) < 4.78 is 2.98. The van der Waals surface area contributed by atoms with Gasteiger partial charge >= 0.3 is 0 Å². The topological polar surface area (TPSA) is 57.5 Å². The lowest BCUT2D eigenvalue weighted by molar-refractivity contribution is 0.0571. The Morgan fingerprint density at radius 3 is 2.84 bits per heavy atom. The summed E-state index contributed by atoms with van der Waals surface area (Å²) in [6, 6.07) is 2.19. The van der Waals surface area contributed by atoms with Crippen LogP contribution < -0.4 is 5.32 Å². The number of aliphatic hydroxyl groups is 1. The predicted octanol–water partition coefficient (Wildman–Crippen LogP) is 0.990. The molecule has 1 aromatic heterocycles. The van der Waals surface area contributed by atoms with Gasteiger partial charge < -0.3 is 19.9 Å². The molecule has 3 rings (SSSR count). The lowest BCUT2D eigenvalue weighted by Crippen LogP contribution is -2.44. The Hall–Kier alpha value is -0.850. The van der Waals surface area contributed by atoms with Crippen molar-refractivity contribution in [2.75, 3.05) is 20.1 Å².